The first-order valence-electron chi connectivity index (χ1n) is 7.19. The molecule has 4 nitrogen and oxygen atoms in total. The average molecular weight is 353 g/mol. The van der Waals surface area contributed by atoms with Gasteiger partial charge in [0.15, 0.2) is 0 Å². The van der Waals surface area contributed by atoms with Gasteiger partial charge in [0.2, 0.25) is 0 Å². The van der Waals surface area contributed by atoms with Crippen molar-refractivity contribution in [3.63, 3.8) is 0 Å². The Labute approximate surface area is 139 Å². The van der Waals surface area contributed by atoms with E-state index in [1.54, 1.807) is 4.90 Å². The van der Waals surface area contributed by atoms with Gasteiger partial charge in [0.05, 0.1) is 0 Å². The van der Waals surface area contributed by atoms with Gasteiger partial charge < -0.3 is 15.0 Å². The standard InChI is InChI=1S/C15H19F3N2O2.ClH/c1-19-10-11-6-8-20(9-7-11)14(21)12-2-4-13(5-3-12)22-15(16,17)18;/h2-5,11,19H,6-10H2,1H3;1H. The number of hydrogen-bond donors (Lipinski definition) is 1. The topological polar surface area (TPSA) is 41.6 Å². The molecule has 1 heterocycles. The molecule has 0 radical (unpaired) electrons. The summed E-state index contributed by atoms with van der Waals surface area (Å²) in [4.78, 5) is 14.0. The Balaban J connectivity index is 0.00000264. The maximum Gasteiger partial charge on any atom is 0.573 e. The van der Waals surface area contributed by atoms with Crippen LogP contribution in [0.25, 0.3) is 0 Å². The van der Waals surface area contributed by atoms with E-state index in [4.69, 9.17) is 0 Å². The zero-order valence-corrected chi connectivity index (χ0v) is 13.5. The van der Waals surface area contributed by atoms with Gasteiger partial charge in [-0.2, -0.15) is 0 Å². The number of halogens is 4. The molecule has 1 N–H and O–H groups in total. The fourth-order valence-corrected chi connectivity index (χ4v) is 2.61. The number of nitrogens with one attached hydrogen (secondary N) is 1. The van der Waals surface area contributed by atoms with Crippen LogP contribution in [0.4, 0.5) is 13.2 Å². The number of amides is 1. The summed E-state index contributed by atoms with van der Waals surface area (Å²) in [5, 5.41) is 3.13. The van der Waals surface area contributed by atoms with Crippen LogP contribution in [0.3, 0.4) is 0 Å². The monoisotopic (exact) mass is 352 g/mol. The number of carbonyl (C=O) groups excluding carboxylic acids is 1. The van der Waals surface area contributed by atoms with Crippen molar-refractivity contribution in [1.82, 2.24) is 10.2 Å². The molecular weight excluding hydrogens is 333 g/mol. The molecule has 8 heteroatoms. The van der Waals surface area contributed by atoms with Crippen molar-refractivity contribution in [1.29, 1.82) is 0 Å². The first-order valence-corrected chi connectivity index (χ1v) is 7.19. The number of benzene rings is 1. The second-order valence-electron chi connectivity index (χ2n) is 5.37. The molecule has 1 amide bonds. The summed E-state index contributed by atoms with van der Waals surface area (Å²) in [7, 11) is 1.90. The predicted octanol–water partition coefficient (Wildman–Crippen LogP) is 3.08. The lowest BCUT2D eigenvalue weighted by Crippen LogP contribution is -2.40. The Morgan fingerprint density at radius 1 is 1.26 bits per heavy atom. The molecule has 1 aliphatic rings. The number of rotatable bonds is 4. The van der Waals surface area contributed by atoms with E-state index >= 15 is 0 Å². The summed E-state index contributed by atoms with van der Waals surface area (Å²) < 4.78 is 40.1. The van der Waals surface area contributed by atoms with E-state index in [0.717, 1.165) is 31.5 Å². The highest BCUT2D eigenvalue weighted by Gasteiger charge is 2.31. The highest BCUT2D eigenvalue weighted by Crippen LogP contribution is 2.24. The Kier molecular flexibility index (Phi) is 7.15. The second kappa shape index (κ2) is 8.40. The molecule has 1 saturated heterocycles. The van der Waals surface area contributed by atoms with Crippen molar-refractivity contribution < 1.29 is 22.7 Å². The minimum Gasteiger partial charge on any atom is -0.406 e. The summed E-state index contributed by atoms with van der Waals surface area (Å²) in [6, 6.07) is 5.05. The number of alkyl halides is 3. The van der Waals surface area contributed by atoms with Gasteiger partial charge in [0, 0.05) is 18.7 Å². The van der Waals surface area contributed by atoms with Gasteiger partial charge in [-0.1, -0.05) is 0 Å². The Hall–Kier alpha value is -1.47. The van der Waals surface area contributed by atoms with Gasteiger partial charge in [-0.25, -0.2) is 0 Å². The normalized spacial score (nSPS) is 15.9. The van der Waals surface area contributed by atoms with E-state index in [1.807, 2.05) is 7.05 Å². The van der Waals surface area contributed by atoms with E-state index in [2.05, 4.69) is 10.1 Å². The summed E-state index contributed by atoms with van der Waals surface area (Å²) in [6.07, 6.45) is -2.86. The third-order valence-corrected chi connectivity index (χ3v) is 3.73. The Morgan fingerprint density at radius 3 is 2.30 bits per heavy atom. The van der Waals surface area contributed by atoms with Gasteiger partial charge >= 0.3 is 6.36 Å². The number of ether oxygens (including phenoxy) is 1. The Morgan fingerprint density at radius 2 is 1.83 bits per heavy atom. The van der Waals surface area contributed by atoms with Crippen LogP contribution in [0.5, 0.6) is 5.75 Å². The highest BCUT2D eigenvalue weighted by atomic mass is 35.5. The molecule has 1 fully saturated rings. The summed E-state index contributed by atoms with van der Waals surface area (Å²) in [5.41, 5.74) is 0.376. The van der Waals surface area contributed by atoms with Crippen LogP contribution < -0.4 is 10.1 Å². The molecule has 1 aromatic carbocycles. The van der Waals surface area contributed by atoms with Crippen LogP contribution in [0, 0.1) is 5.92 Å². The molecule has 1 aliphatic heterocycles. The van der Waals surface area contributed by atoms with E-state index in [0.29, 0.717) is 24.6 Å². The molecule has 1 aromatic rings. The van der Waals surface area contributed by atoms with Gasteiger partial charge in [0.1, 0.15) is 5.75 Å². The minimum absolute atomic E-state index is 0. The highest BCUT2D eigenvalue weighted by molar-refractivity contribution is 5.94. The van der Waals surface area contributed by atoms with Crippen LogP contribution in [-0.2, 0) is 0 Å². The first-order chi connectivity index (χ1) is 10.4. The third-order valence-electron chi connectivity index (χ3n) is 3.73. The maximum absolute atomic E-state index is 12.3. The van der Waals surface area contributed by atoms with Crippen molar-refractivity contribution in [2.75, 3.05) is 26.7 Å². The van der Waals surface area contributed by atoms with Crippen LogP contribution in [0.15, 0.2) is 24.3 Å². The van der Waals surface area contributed by atoms with E-state index < -0.39 is 6.36 Å². The van der Waals surface area contributed by atoms with E-state index in [9.17, 15) is 18.0 Å². The molecule has 23 heavy (non-hydrogen) atoms. The van der Waals surface area contributed by atoms with Crippen LogP contribution in [0.2, 0.25) is 0 Å². The number of carbonyl (C=O) groups is 1. The molecule has 2 rings (SSSR count). The van der Waals surface area contributed by atoms with Crippen molar-refractivity contribution in [3.8, 4) is 5.75 Å². The van der Waals surface area contributed by atoms with Crippen molar-refractivity contribution in [3.05, 3.63) is 29.8 Å². The zero-order chi connectivity index (χ0) is 16.2. The van der Waals surface area contributed by atoms with E-state index in [1.165, 1.54) is 12.1 Å². The summed E-state index contributed by atoms with van der Waals surface area (Å²) in [6.45, 7) is 2.28. The quantitative estimate of drug-likeness (QED) is 0.905. The van der Waals surface area contributed by atoms with Gasteiger partial charge in [-0.05, 0) is 56.6 Å². The largest absolute Gasteiger partial charge is 0.573 e. The smallest absolute Gasteiger partial charge is 0.406 e. The molecule has 0 unspecified atom stereocenters. The molecule has 0 aliphatic carbocycles. The van der Waals surface area contributed by atoms with Crippen molar-refractivity contribution >= 4 is 18.3 Å². The molecule has 0 aromatic heterocycles. The molecule has 0 spiro atoms. The van der Waals surface area contributed by atoms with Gasteiger partial charge in [0.25, 0.3) is 5.91 Å². The van der Waals surface area contributed by atoms with Crippen LogP contribution in [0.1, 0.15) is 23.2 Å². The van der Waals surface area contributed by atoms with Crippen LogP contribution in [-0.4, -0.2) is 43.9 Å². The third kappa shape index (κ3) is 5.91. The van der Waals surface area contributed by atoms with Crippen molar-refractivity contribution in [2.45, 2.75) is 19.2 Å². The lowest BCUT2D eigenvalue weighted by Gasteiger charge is -2.32. The first kappa shape index (κ1) is 19.6. The molecular formula is C15H20ClF3N2O2. The summed E-state index contributed by atoms with van der Waals surface area (Å²) >= 11 is 0. The van der Waals surface area contributed by atoms with E-state index in [-0.39, 0.29) is 24.1 Å². The number of piperidine rings is 1. The fourth-order valence-electron chi connectivity index (χ4n) is 2.61. The SMILES string of the molecule is CNCC1CCN(C(=O)c2ccc(OC(F)(F)F)cc2)CC1.Cl. The predicted molar refractivity (Wildman–Crippen MR) is 82.9 cm³/mol. The number of likely N-dealkylation sites (tertiary alicyclic amines) is 1. The average Bonchev–Trinajstić information content (AvgIpc) is 2.47. The molecule has 130 valence electrons. The second-order valence-corrected chi connectivity index (χ2v) is 5.37. The van der Waals surface area contributed by atoms with Gasteiger partial charge in [-0.3, -0.25) is 4.79 Å². The lowest BCUT2D eigenvalue weighted by atomic mass is 9.96. The molecule has 0 atom stereocenters. The fraction of sp³-hybridized carbons (Fsp3) is 0.533. The molecule has 0 saturated carbocycles. The Bertz CT molecular complexity index is 500. The molecule has 0 bridgehead atoms. The zero-order valence-electron chi connectivity index (χ0n) is 12.7. The number of hydrogen-bond acceptors (Lipinski definition) is 3. The number of nitrogens with zero attached hydrogens (tertiary/aromatic N) is 1. The summed E-state index contributed by atoms with van der Waals surface area (Å²) in [5.74, 6) is 0.0925. The van der Waals surface area contributed by atoms with Crippen molar-refractivity contribution in [2.24, 2.45) is 5.92 Å². The maximum atomic E-state index is 12.3. The van der Waals surface area contributed by atoms with Crippen LogP contribution >= 0.6 is 12.4 Å². The minimum atomic E-state index is -4.72. The van der Waals surface area contributed by atoms with Gasteiger partial charge in [-0.15, -0.1) is 25.6 Å². The lowest BCUT2D eigenvalue weighted by molar-refractivity contribution is -0.274.